The highest BCUT2D eigenvalue weighted by molar-refractivity contribution is 5.71. The van der Waals surface area contributed by atoms with Crippen LogP contribution >= 0.6 is 0 Å². The molecule has 0 aromatic rings. The SMILES string of the molecule is CC/C=C\C/C=C\C/C=C\C/C=C\C/C=C\C/C=C\C/C=C\C/C=C\C/C=C\C/C=C\CCCCC(=O)OCC(COC(=O)CCCCCCCCCC)OC(=O)CCCCCCCCCCCCCCCCCCCCC. The van der Waals surface area contributed by atoms with Crippen LogP contribution in [0.5, 0.6) is 0 Å². The molecule has 0 N–H and O–H groups in total. The van der Waals surface area contributed by atoms with Crippen molar-refractivity contribution in [3.63, 3.8) is 0 Å². The molecule has 0 saturated carbocycles. The highest BCUT2D eigenvalue weighted by Gasteiger charge is 2.19. The lowest BCUT2D eigenvalue weighted by molar-refractivity contribution is -0.167. The standard InChI is InChI=1S/C72H120O6/c1-4-7-10-13-16-19-21-23-25-27-29-30-31-32-33-34-35-36-37-38-39-40-41-42-44-45-47-49-51-53-56-59-62-65-71(74)77-68-69(67-76-70(73)64-61-58-55-18-15-12-9-6-3)78-72(75)66-63-60-57-54-52-50-48-46-43-28-26-24-22-20-17-14-11-8-5-2/h7,10,16,19,23,25,29-30,32-33,35-36,38-39,41-42,45,47,51,53,69H,4-6,8-9,11-15,17-18,20-22,24,26-28,31,34,37,40,43-44,46,48-50,52,54-68H2,1-3H3/b10-7-,19-16-,25-23-,30-29-,33-32-,36-35-,39-38-,42-41-,47-45-,53-51-. The summed E-state index contributed by atoms with van der Waals surface area (Å²) in [4.78, 5) is 38.1. The molecule has 1 atom stereocenters. The van der Waals surface area contributed by atoms with Crippen LogP contribution in [0.15, 0.2) is 122 Å². The van der Waals surface area contributed by atoms with Crippen LogP contribution in [0, 0.1) is 0 Å². The van der Waals surface area contributed by atoms with Gasteiger partial charge in [0.15, 0.2) is 6.10 Å². The maximum atomic E-state index is 12.9. The Morgan fingerprint density at radius 2 is 0.500 bits per heavy atom. The minimum atomic E-state index is -0.794. The van der Waals surface area contributed by atoms with Gasteiger partial charge >= 0.3 is 17.9 Å². The summed E-state index contributed by atoms with van der Waals surface area (Å²) in [7, 11) is 0. The van der Waals surface area contributed by atoms with Crippen LogP contribution in [0.2, 0.25) is 0 Å². The van der Waals surface area contributed by atoms with Crippen molar-refractivity contribution in [3.05, 3.63) is 122 Å². The van der Waals surface area contributed by atoms with Gasteiger partial charge in [-0.25, -0.2) is 0 Å². The van der Waals surface area contributed by atoms with E-state index < -0.39 is 6.10 Å². The fourth-order valence-electron chi connectivity index (χ4n) is 8.88. The average molecular weight is 1080 g/mol. The third kappa shape index (κ3) is 62.7. The zero-order valence-corrected chi connectivity index (χ0v) is 50.9. The first-order valence-electron chi connectivity index (χ1n) is 32.5. The first-order chi connectivity index (χ1) is 38.5. The lowest BCUT2D eigenvalue weighted by Crippen LogP contribution is -2.30. The molecule has 0 aromatic carbocycles. The molecule has 0 heterocycles. The number of allylic oxidation sites excluding steroid dienone is 20. The van der Waals surface area contributed by atoms with Gasteiger partial charge in [-0.3, -0.25) is 14.4 Å². The second-order valence-electron chi connectivity index (χ2n) is 21.3. The molecule has 0 radical (unpaired) electrons. The van der Waals surface area contributed by atoms with Crippen molar-refractivity contribution >= 4 is 17.9 Å². The van der Waals surface area contributed by atoms with E-state index in [2.05, 4.69) is 142 Å². The molecule has 0 aliphatic heterocycles. The van der Waals surface area contributed by atoms with E-state index in [1.165, 1.54) is 135 Å². The third-order valence-corrected chi connectivity index (χ3v) is 13.7. The van der Waals surface area contributed by atoms with E-state index in [0.29, 0.717) is 19.3 Å². The molecule has 0 amide bonds. The predicted octanol–water partition coefficient (Wildman–Crippen LogP) is 22.4. The molecule has 0 bridgehead atoms. The van der Waals surface area contributed by atoms with Gasteiger partial charge in [-0.05, 0) is 96.3 Å². The van der Waals surface area contributed by atoms with E-state index in [4.69, 9.17) is 14.2 Å². The van der Waals surface area contributed by atoms with Crippen molar-refractivity contribution in [3.8, 4) is 0 Å². The minimum Gasteiger partial charge on any atom is -0.462 e. The number of hydrogen-bond donors (Lipinski definition) is 0. The molecule has 0 aliphatic carbocycles. The van der Waals surface area contributed by atoms with Gasteiger partial charge in [-0.2, -0.15) is 0 Å². The largest absolute Gasteiger partial charge is 0.462 e. The highest BCUT2D eigenvalue weighted by Crippen LogP contribution is 2.16. The summed E-state index contributed by atoms with van der Waals surface area (Å²) in [6, 6.07) is 0. The number of hydrogen-bond acceptors (Lipinski definition) is 6. The Labute approximate surface area is 482 Å². The highest BCUT2D eigenvalue weighted by atomic mass is 16.6. The van der Waals surface area contributed by atoms with Crippen molar-refractivity contribution in [2.45, 2.75) is 303 Å². The van der Waals surface area contributed by atoms with E-state index >= 15 is 0 Å². The second kappa shape index (κ2) is 65.3. The first kappa shape index (κ1) is 73.8. The van der Waals surface area contributed by atoms with Crippen LogP contribution in [0.4, 0.5) is 0 Å². The molecule has 0 rings (SSSR count). The Balaban J connectivity index is 4.26. The summed E-state index contributed by atoms with van der Waals surface area (Å²) < 4.78 is 16.8. The Bertz CT molecular complexity index is 1620. The van der Waals surface area contributed by atoms with Gasteiger partial charge in [-0.15, -0.1) is 0 Å². The molecule has 0 aromatic heterocycles. The first-order valence-corrected chi connectivity index (χ1v) is 32.5. The molecule has 6 heteroatoms. The number of rotatable bonds is 58. The van der Waals surface area contributed by atoms with Gasteiger partial charge < -0.3 is 14.2 Å². The Hall–Kier alpha value is -4.19. The van der Waals surface area contributed by atoms with Crippen LogP contribution in [-0.4, -0.2) is 37.2 Å². The summed E-state index contributed by atoms with van der Waals surface area (Å²) in [5, 5.41) is 0. The number of carbonyl (C=O) groups excluding carboxylic acids is 3. The molecular weight excluding hydrogens is 961 g/mol. The van der Waals surface area contributed by atoms with Crippen LogP contribution in [0.25, 0.3) is 0 Å². The van der Waals surface area contributed by atoms with Crippen molar-refractivity contribution < 1.29 is 28.6 Å². The summed E-state index contributed by atoms with van der Waals surface area (Å²) in [6.45, 7) is 6.48. The molecule has 6 nitrogen and oxygen atoms in total. The van der Waals surface area contributed by atoms with Crippen LogP contribution in [-0.2, 0) is 28.6 Å². The van der Waals surface area contributed by atoms with Gasteiger partial charge in [0.05, 0.1) is 0 Å². The lowest BCUT2D eigenvalue weighted by atomic mass is 10.0. The van der Waals surface area contributed by atoms with Crippen molar-refractivity contribution in [1.29, 1.82) is 0 Å². The van der Waals surface area contributed by atoms with Gasteiger partial charge in [0.25, 0.3) is 0 Å². The Morgan fingerprint density at radius 3 is 0.782 bits per heavy atom. The van der Waals surface area contributed by atoms with E-state index in [0.717, 1.165) is 122 Å². The lowest BCUT2D eigenvalue weighted by Gasteiger charge is -2.18. The molecular formula is C72H120O6. The van der Waals surface area contributed by atoms with Crippen LogP contribution in [0.3, 0.4) is 0 Å². The number of esters is 3. The second-order valence-corrected chi connectivity index (χ2v) is 21.3. The molecule has 0 spiro atoms. The molecule has 1 unspecified atom stereocenters. The molecule has 0 aliphatic rings. The average Bonchev–Trinajstić information content (AvgIpc) is 3.44. The van der Waals surface area contributed by atoms with Gasteiger partial charge in [-0.1, -0.05) is 303 Å². The number of carbonyl (C=O) groups is 3. The molecule has 0 fully saturated rings. The summed E-state index contributed by atoms with van der Waals surface area (Å²) in [5.41, 5.74) is 0. The monoisotopic (exact) mass is 1080 g/mol. The van der Waals surface area contributed by atoms with Gasteiger partial charge in [0.1, 0.15) is 13.2 Å². The van der Waals surface area contributed by atoms with Gasteiger partial charge in [0.2, 0.25) is 0 Å². The van der Waals surface area contributed by atoms with E-state index in [1.807, 2.05) is 0 Å². The zero-order chi connectivity index (χ0) is 56.4. The van der Waals surface area contributed by atoms with E-state index in [9.17, 15) is 14.4 Å². The van der Waals surface area contributed by atoms with E-state index in [1.54, 1.807) is 0 Å². The minimum absolute atomic E-state index is 0.0900. The normalized spacial score (nSPS) is 12.9. The quantitative estimate of drug-likeness (QED) is 0.0261. The maximum absolute atomic E-state index is 12.9. The fourth-order valence-corrected chi connectivity index (χ4v) is 8.88. The molecule has 444 valence electrons. The van der Waals surface area contributed by atoms with Crippen LogP contribution in [0.1, 0.15) is 297 Å². The Kier molecular flexibility index (Phi) is 61.8. The van der Waals surface area contributed by atoms with E-state index in [-0.39, 0.29) is 31.1 Å². The molecule has 78 heavy (non-hydrogen) atoms. The number of unbranched alkanes of at least 4 members (excludes halogenated alkanes) is 27. The van der Waals surface area contributed by atoms with Gasteiger partial charge in [0, 0.05) is 19.3 Å². The fraction of sp³-hybridized carbons (Fsp3) is 0.681. The van der Waals surface area contributed by atoms with Crippen molar-refractivity contribution in [2.24, 2.45) is 0 Å². The molecule has 0 saturated heterocycles. The number of ether oxygens (including phenoxy) is 3. The zero-order valence-electron chi connectivity index (χ0n) is 50.9. The summed E-state index contributed by atoms with van der Waals surface area (Å²) in [6.07, 6.45) is 90.9. The predicted molar refractivity (Wildman–Crippen MR) is 339 cm³/mol. The topological polar surface area (TPSA) is 78.9 Å². The smallest absolute Gasteiger partial charge is 0.306 e. The third-order valence-electron chi connectivity index (χ3n) is 13.7. The maximum Gasteiger partial charge on any atom is 0.306 e. The summed E-state index contributed by atoms with van der Waals surface area (Å²) >= 11 is 0. The van der Waals surface area contributed by atoms with Crippen molar-refractivity contribution in [2.75, 3.05) is 13.2 Å². The van der Waals surface area contributed by atoms with Crippen LogP contribution < -0.4 is 0 Å². The van der Waals surface area contributed by atoms with Crippen molar-refractivity contribution in [1.82, 2.24) is 0 Å². The summed E-state index contributed by atoms with van der Waals surface area (Å²) in [5.74, 6) is -0.933. The Morgan fingerprint density at radius 1 is 0.269 bits per heavy atom.